The number of rotatable bonds is 10. The zero-order valence-electron chi connectivity index (χ0n) is 10.6. The first kappa shape index (κ1) is 21.4. The van der Waals surface area contributed by atoms with Gasteiger partial charge in [0.15, 0.2) is 0 Å². The average molecular weight is 271 g/mol. The van der Waals surface area contributed by atoms with Crippen LogP contribution >= 0.6 is 24.8 Å². The highest BCUT2D eigenvalue weighted by Gasteiger charge is 1.90. The fourth-order valence-electron chi connectivity index (χ4n) is 1.74. The molecule has 0 aromatic heterocycles. The maximum Gasteiger partial charge on any atom is 0.211 e. The minimum absolute atomic E-state index is 0. The summed E-state index contributed by atoms with van der Waals surface area (Å²) in [6.07, 6.45) is 14.7. The highest BCUT2D eigenvalue weighted by atomic mass is 35.5. The van der Waals surface area contributed by atoms with E-state index < -0.39 is 0 Å². The molecule has 0 rings (SSSR count). The molecule has 0 aromatic carbocycles. The fraction of sp³-hybridized carbons (Fsp3) is 1.00. The average Bonchev–Trinajstić information content (AvgIpc) is 2.16. The van der Waals surface area contributed by atoms with Crippen LogP contribution in [0, 0.1) is 0 Å². The first-order valence-electron chi connectivity index (χ1n) is 6.41. The van der Waals surface area contributed by atoms with Crippen molar-refractivity contribution in [2.75, 3.05) is 0 Å². The summed E-state index contributed by atoms with van der Waals surface area (Å²) >= 11 is 1.41. The topological polar surface area (TPSA) is 0 Å². The molecule has 0 fully saturated rings. The van der Waals surface area contributed by atoms with Gasteiger partial charge in [0.1, 0.15) is 0 Å². The SMILES string of the molecule is CCCCCCCCCCC[CH2][AlH2].Cl.Cl. The molecule has 0 spiro atoms. The summed E-state index contributed by atoms with van der Waals surface area (Å²) in [6, 6.07) is 0. The molecule has 0 amide bonds. The molecule has 0 aliphatic carbocycles. The monoisotopic (exact) mass is 270 g/mol. The van der Waals surface area contributed by atoms with Gasteiger partial charge in [-0.25, -0.2) is 0 Å². The van der Waals surface area contributed by atoms with Gasteiger partial charge in [0.05, 0.1) is 0 Å². The molecule has 0 heterocycles. The van der Waals surface area contributed by atoms with Gasteiger partial charge in [-0.2, -0.15) is 0 Å². The van der Waals surface area contributed by atoms with E-state index in [4.69, 9.17) is 0 Å². The molecule has 0 bridgehead atoms. The second-order valence-corrected chi connectivity index (χ2v) is 5.18. The molecule has 0 N–H and O–H groups in total. The Morgan fingerprint density at radius 3 is 1.27 bits per heavy atom. The Morgan fingerprint density at radius 2 is 0.933 bits per heavy atom. The highest BCUT2D eigenvalue weighted by molar-refractivity contribution is 6.08. The van der Waals surface area contributed by atoms with Crippen molar-refractivity contribution in [1.82, 2.24) is 0 Å². The molecule has 0 saturated carbocycles. The Balaban J connectivity index is -0.000000720. The molecule has 0 aliphatic rings. The van der Waals surface area contributed by atoms with Crippen LogP contribution in [-0.4, -0.2) is 16.3 Å². The lowest BCUT2D eigenvalue weighted by Crippen LogP contribution is -1.81. The van der Waals surface area contributed by atoms with Crippen LogP contribution in [0.1, 0.15) is 71.1 Å². The summed E-state index contributed by atoms with van der Waals surface area (Å²) in [7, 11) is 0. The number of halogens is 2. The molecule has 0 radical (unpaired) electrons. The Hall–Kier alpha value is 1.11. The Morgan fingerprint density at radius 1 is 0.600 bits per heavy atom. The molecule has 0 unspecified atom stereocenters. The van der Waals surface area contributed by atoms with Crippen molar-refractivity contribution in [3.63, 3.8) is 0 Å². The van der Waals surface area contributed by atoms with Crippen LogP contribution in [0.5, 0.6) is 0 Å². The summed E-state index contributed by atoms with van der Waals surface area (Å²) < 4.78 is 0. The van der Waals surface area contributed by atoms with Crippen LogP contribution in [0.15, 0.2) is 0 Å². The van der Waals surface area contributed by atoms with E-state index in [1.165, 1.54) is 85.8 Å². The van der Waals surface area contributed by atoms with Gasteiger partial charge in [0, 0.05) is 0 Å². The highest BCUT2D eigenvalue weighted by Crippen LogP contribution is 2.10. The van der Waals surface area contributed by atoms with E-state index in [2.05, 4.69) is 6.92 Å². The van der Waals surface area contributed by atoms with Crippen molar-refractivity contribution in [3.8, 4) is 0 Å². The fourth-order valence-corrected chi connectivity index (χ4v) is 2.24. The molecule has 0 atom stereocenters. The number of hydrogen-bond donors (Lipinski definition) is 0. The van der Waals surface area contributed by atoms with Gasteiger partial charge in [-0.3, -0.25) is 0 Å². The van der Waals surface area contributed by atoms with Crippen molar-refractivity contribution in [3.05, 3.63) is 0 Å². The zero-order chi connectivity index (χ0) is 9.78. The van der Waals surface area contributed by atoms with E-state index in [1.807, 2.05) is 0 Å². The normalized spacial score (nSPS) is 9.13. The van der Waals surface area contributed by atoms with Gasteiger partial charge in [0.2, 0.25) is 16.3 Å². The summed E-state index contributed by atoms with van der Waals surface area (Å²) in [6.45, 7) is 2.29. The first-order valence-corrected chi connectivity index (χ1v) is 7.83. The van der Waals surface area contributed by atoms with Crippen molar-refractivity contribution >= 4 is 41.1 Å². The third-order valence-corrected chi connectivity index (χ3v) is 3.41. The lowest BCUT2D eigenvalue weighted by molar-refractivity contribution is 0.562. The van der Waals surface area contributed by atoms with E-state index in [1.54, 1.807) is 0 Å². The third-order valence-electron chi connectivity index (χ3n) is 2.71. The second-order valence-electron chi connectivity index (χ2n) is 4.18. The first-order chi connectivity index (χ1) is 6.41. The van der Waals surface area contributed by atoms with Crippen LogP contribution in [0.4, 0.5) is 0 Å². The van der Waals surface area contributed by atoms with Crippen LogP contribution in [-0.2, 0) is 0 Å². The van der Waals surface area contributed by atoms with E-state index in [0.29, 0.717) is 0 Å². The largest absolute Gasteiger partial charge is 0.211 e. The van der Waals surface area contributed by atoms with Crippen molar-refractivity contribution in [2.45, 2.75) is 76.4 Å². The van der Waals surface area contributed by atoms with E-state index in [-0.39, 0.29) is 24.8 Å². The predicted octanol–water partition coefficient (Wildman–Crippen LogP) is 4.80. The molecule has 94 valence electrons. The quantitative estimate of drug-likeness (QED) is 0.395. The van der Waals surface area contributed by atoms with Gasteiger partial charge in [-0.1, -0.05) is 71.1 Å². The predicted molar refractivity (Wildman–Crippen MR) is 79.7 cm³/mol. The number of hydrogen-bond acceptors (Lipinski definition) is 0. The van der Waals surface area contributed by atoms with Crippen molar-refractivity contribution in [1.29, 1.82) is 0 Å². The van der Waals surface area contributed by atoms with E-state index in [9.17, 15) is 0 Å². The third kappa shape index (κ3) is 21.0. The van der Waals surface area contributed by atoms with Gasteiger partial charge < -0.3 is 0 Å². The van der Waals surface area contributed by atoms with E-state index in [0.717, 1.165) is 0 Å². The molecule has 0 saturated heterocycles. The van der Waals surface area contributed by atoms with Gasteiger partial charge in [0.25, 0.3) is 0 Å². The maximum atomic E-state index is 2.29. The molecular formula is C12H29AlCl2. The smallest absolute Gasteiger partial charge is 0.147 e. The minimum Gasteiger partial charge on any atom is -0.147 e. The van der Waals surface area contributed by atoms with Gasteiger partial charge in [-0.15, -0.1) is 30.1 Å². The van der Waals surface area contributed by atoms with Crippen molar-refractivity contribution < 1.29 is 0 Å². The Labute approximate surface area is 117 Å². The summed E-state index contributed by atoms with van der Waals surface area (Å²) in [5.41, 5.74) is 0. The standard InChI is InChI=1S/C12H25.Al.2ClH.2H/c1-3-5-7-9-11-12-10-8-6-4-2;;;;;/h1,3-12H2,2H3;;2*1H;;. The summed E-state index contributed by atoms with van der Waals surface area (Å²) in [5, 5.41) is 1.51. The molecule has 0 aliphatic heterocycles. The summed E-state index contributed by atoms with van der Waals surface area (Å²) in [4.78, 5) is 0. The Kier molecular flexibility index (Phi) is 29.3. The van der Waals surface area contributed by atoms with Crippen molar-refractivity contribution in [2.24, 2.45) is 0 Å². The molecule has 0 aromatic rings. The number of unbranched alkanes of at least 4 members (excludes halogenated alkanes) is 9. The lowest BCUT2D eigenvalue weighted by Gasteiger charge is -2.00. The second kappa shape index (κ2) is 20.5. The zero-order valence-corrected chi connectivity index (χ0v) is 14.2. The van der Waals surface area contributed by atoms with E-state index >= 15 is 0 Å². The molecular weight excluding hydrogens is 242 g/mol. The molecule has 15 heavy (non-hydrogen) atoms. The minimum atomic E-state index is 0. The van der Waals surface area contributed by atoms with Crippen LogP contribution < -0.4 is 0 Å². The van der Waals surface area contributed by atoms with Crippen LogP contribution in [0.2, 0.25) is 5.28 Å². The van der Waals surface area contributed by atoms with Crippen LogP contribution in [0.3, 0.4) is 0 Å². The van der Waals surface area contributed by atoms with Gasteiger partial charge in [-0.05, 0) is 0 Å². The lowest BCUT2D eigenvalue weighted by atomic mass is 10.1. The Bertz CT molecular complexity index is 79.7. The summed E-state index contributed by atoms with van der Waals surface area (Å²) in [5.74, 6) is 0. The maximum absolute atomic E-state index is 2.29. The van der Waals surface area contributed by atoms with Crippen LogP contribution in [0.25, 0.3) is 0 Å². The van der Waals surface area contributed by atoms with Gasteiger partial charge >= 0.3 is 0 Å². The molecule has 3 heteroatoms. The molecule has 0 nitrogen and oxygen atoms in total.